The molecule has 1 amide bonds. The van der Waals surface area contributed by atoms with Gasteiger partial charge < -0.3 is 10.1 Å². The lowest BCUT2D eigenvalue weighted by Crippen LogP contribution is -2.43. The van der Waals surface area contributed by atoms with Gasteiger partial charge in [0.25, 0.3) is 5.56 Å². The van der Waals surface area contributed by atoms with Crippen LogP contribution in [0.25, 0.3) is 0 Å². The van der Waals surface area contributed by atoms with Gasteiger partial charge >= 0.3 is 5.97 Å². The van der Waals surface area contributed by atoms with Crippen LogP contribution in [0.4, 0.5) is 0 Å². The summed E-state index contributed by atoms with van der Waals surface area (Å²) < 4.78 is 6.23. The molecule has 1 aromatic heterocycles. The number of nitriles is 1. The number of ether oxygens (including phenoxy) is 1. The van der Waals surface area contributed by atoms with E-state index in [4.69, 9.17) is 22.2 Å². The summed E-state index contributed by atoms with van der Waals surface area (Å²) in [5.41, 5.74) is 4.27. The number of carbonyl (C=O) groups excluding carboxylic acids is 2. The van der Waals surface area contributed by atoms with Gasteiger partial charge in [-0.2, -0.15) is 5.26 Å². The highest BCUT2D eigenvalue weighted by molar-refractivity contribution is 7.80. The van der Waals surface area contributed by atoms with Crippen molar-refractivity contribution in [1.82, 2.24) is 9.99 Å². The predicted octanol–water partition coefficient (Wildman–Crippen LogP) is 2.24. The van der Waals surface area contributed by atoms with Gasteiger partial charge in [0.15, 0.2) is 5.11 Å². The number of nitrogens with zero attached hydrogens (tertiary/aromatic N) is 2. The zero-order valence-corrected chi connectivity index (χ0v) is 18.3. The van der Waals surface area contributed by atoms with Crippen LogP contribution in [-0.4, -0.2) is 28.3 Å². The average Bonchev–Trinajstić information content (AvgIpc) is 2.73. The maximum atomic E-state index is 12.3. The quantitative estimate of drug-likeness (QED) is 0.368. The van der Waals surface area contributed by atoms with Crippen molar-refractivity contribution in [3.8, 4) is 6.07 Å². The fourth-order valence-electron chi connectivity index (χ4n) is 2.88. The van der Waals surface area contributed by atoms with Gasteiger partial charge in [-0.15, -0.1) is 0 Å². The molecule has 0 bridgehead atoms. The molecular formula is C22H24N4O4S. The Hall–Kier alpha value is -3.51. The summed E-state index contributed by atoms with van der Waals surface area (Å²) in [5, 5.41) is 11.4. The summed E-state index contributed by atoms with van der Waals surface area (Å²) >= 11 is 5.05. The largest absolute Gasteiger partial charge is 0.466 e. The number of carbonyl (C=O) groups is 2. The first kappa shape index (κ1) is 23.8. The smallest absolute Gasteiger partial charge is 0.306 e. The van der Waals surface area contributed by atoms with Gasteiger partial charge in [-0.05, 0) is 56.1 Å². The second-order valence-corrected chi connectivity index (χ2v) is 7.30. The number of rotatable bonds is 8. The van der Waals surface area contributed by atoms with E-state index in [1.54, 1.807) is 19.9 Å². The first-order chi connectivity index (χ1) is 14.8. The highest BCUT2D eigenvalue weighted by Crippen LogP contribution is 2.05. The second-order valence-electron chi connectivity index (χ2n) is 6.89. The third kappa shape index (κ3) is 7.35. The zero-order chi connectivity index (χ0) is 22.8. The van der Waals surface area contributed by atoms with Crippen molar-refractivity contribution in [2.75, 3.05) is 12.0 Å². The van der Waals surface area contributed by atoms with Crippen molar-refractivity contribution in [3.05, 3.63) is 69.1 Å². The molecule has 0 saturated carbocycles. The minimum absolute atomic E-state index is 0.0118. The molecule has 0 radical (unpaired) electrons. The zero-order valence-electron chi connectivity index (χ0n) is 17.4. The van der Waals surface area contributed by atoms with Crippen LogP contribution in [0.15, 0.2) is 41.2 Å². The Morgan fingerprint density at radius 2 is 1.90 bits per heavy atom. The van der Waals surface area contributed by atoms with Crippen molar-refractivity contribution in [2.45, 2.75) is 39.5 Å². The van der Waals surface area contributed by atoms with E-state index in [0.29, 0.717) is 17.7 Å². The second kappa shape index (κ2) is 11.6. The molecule has 2 aromatic rings. The lowest BCUT2D eigenvalue weighted by atomic mass is 10.1. The monoisotopic (exact) mass is 440 g/mol. The molecule has 0 aliphatic heterocycles. The Labute approximate surface area is 185 Å². The number of amides is 1. The van der Waals surface area contributed by atoms with E-state index in [0.717, 1.165) is 11.1 Å². The molecular weight excluding hydrogens is 416 g/mol. The summed E-state index contributed by atoms with van der Waals surface area (Å²) in [5.74, 6) is -0.955. The molecule has 2 rings (SSSR count). The molecule has 0 unspecified atom stereocenters. The maximum absolute atomic E-state index is 12.3. The van der Waals surface area contributed by atoms with Crippen LogP contribution in [-0.2, 0) is 20.7 Å². The number of thiocarbonyl (C=S) groups is 1. The number of pyridine rings is 1. The fraction of sp³-hybridized carbons (Fsp3) is 0.318. The Kier molecular flexibility index (Phi) is 8.91. The Morgan fingerprint density at radius 3 is 2.58 bits per heavy atom. The summed E-state index contributed by atoms with van der Waals surface area (Å²) in [6, 6.07) is 13.4. The standard InChI is InChI=1S/C22H24N4O4S/c1-15-13-16(2)26(21(29)18(15)14-23)25-22(31)24-19(27)10-11-20(28)30-12-6-9-17-7-4-3-5-8-17/h3-5,7-8,13H,6,9-12H2,1-2H3,(H2,24,25,27,31). The maximum Gasteiger partial charge on any atom is 0.306 e. The molecule has 8 nitrogen and oxygen atoms in total. The number of aromatic nitrogens is 1. The molecule has 0 fully saturated rings. The summed E-state index contributed by atoms with van der Waals surface area (Å²) in [6.07, 6.45) is 1.32. The van der Waals surface area contributed by atoms with E-state index in [1.165, 1.54) is 5.56 Å². The molecule has 162 valence electrons. The molecule has 9 heteroatoms. The van der Waals surface area contributed by atoms with Gasteiger partial charge in [-0.3, -0.25) is 19.8 Å². The van der Waals surface area contributed by atoms with Gasteiger partial charge in [-0.25, -0.2) is 4.68 Å². The van der Waals surface area contributed by atoms with Crippen LogP contribution in [0.1, 0.15) is 41.6 Å². The number of esters is 1. The van der Waals surface area contributed by atoms with Crippen molar-refractivity contribution in [2.24, 2.45) is 0 Å². The van der Waals surface area contributed by atoms with E-state index >= 15 is 0 Å². The molecule has 0 spiro atoms. The minimum atomic E-state index is -0.560. The number of hydrogen-bond donors (Lipinski definition) is 2. The van der Waals surface area contributed by atoms with Gasteiger partial charge in [0.1, 0.15) is 11.6 Å². The molecule has 1 aromatic carbocycles. The molecule has 1 heterocycles. The van der Waals surface area contributed by atoms with E-state index < -0.39 is 17.4 Å². The van der Waals surface area contributed by atoms with Crippen LogP contribution in [0.5, 0.6) is 0 Å². The van der Waals surface area contributed by atoms with Gasteiger partial charge in [0, 0.05) is 12.1 Å². The van der Waals surface area contributed by atoms with Crippen LogP contribution in [0.2, 0.25) is 0 Å². The van der Waals surface area contributed by atoms with Crippen LogP contribution >= 0.6 is 12.2 Å². The van der Waals surface area contributed by atoms with E-state index in [-0.39, 0.29) is 30.1 Å². The van der Waals surface area contributed by atoms with Crippen molar-refractivity contribution < 1.29 is 14.3 Å². The number of aryl methyl sites for hydroxylation is 3. The Bertz CT molecular complexity index is 1060. The van der Waals surface area contributed by atoms with Crippen LogP contribution < -0.4 is 16.3 Å². The van der Waals surface area contributed by atoms with Gasteiger partial charge in [-0.1, -0.05) is 30.3 Å². The van der Waals surface area contributed by atoms with Crippen molar-refractivity contribution >= 4 is 29.2 Å². The first-order valence-corrected chi connectivity index (χ1v) is 10.2. The minimum Gasteiger partial charge on any atom is -0.466 e. The first-order valence-electron chi connectivity index (χ1n) is 9.75. The van der Waals surface area contributed by atoms with Crippen molar-refractivity contribution in [1.29, 1.82) is 5.26 Å². The van der Waals surface area contributed by atoms with E-state index in [9.17, 15) is 14.4 Å². The van der Waals surface area contributed by atoms with Crippen LogP contribution in [0.3, 0.4) is 0 Å². The van der Waals surface area contributed by atoms with E-state index in [2.05, 4.69) is 10.7 Å². The highest BCUT2D eigenvalue weighted by atomic mass is 32.1. The number of hydrogen-bond acceptors (Lipinski definition) is 6. The normalized spacial score (nSPS) is 10.1. The topological polar surface area (TPSA) is 113 Å². The predicted molar refractivity (Wildman–Crippen MR) is 120 cm³/mol. The third-order valence-corrected chi connectivity index (χ3v) is 4.63. The van der Waals surface area contributed by atoms with Gasteiger partial charge in [0.05, 0.1) is 13.0 Å². The third-order valence-electron chi connectivity index (χ3n) is 4.44. The number of nitrogens with one attached hydrogen (secondary N) is 2. The SMILES string of the molecule is Cc1cc(C)n(NC(=S)NC(=O)CCC(=O)OCCCc2ccccc2)c(=O)c1C#N. The molecule has 0 atom stereocenters. The van der Waals surface area contributed by atoms with Crippen LogP contribution in [0, 0.1) is 25.2 Å². The molecule has 31 heavy (non-hydrogen) atoms. The molecule has 0 saturated heterocycles. The molecule has 0 aliphatic carbocycles. The van der Waals surface area contributed by atoms with E-state index in [1.807, 2.05) is 36.4 Å². The van der Waals surface area contributed by atoms with Gasteiger partial charge in [0.2, 0.25) is 5.91 Å². The lowest BCUT2D eigenvalue weighted by Gasteiger charge is -2.15. The summed E-state index contributed by atoms with van der Waals surface area (Å²) in [4.78, 5) is 36.2. The molecule has 0 aliphatic rings. The Morgan fingerprint density at radius 1 is 1.19 bits per heavy atom. The van der Waals surface area contributed by atoms with Crippen molar-refractivity contribution in [3.63, 3.8) is 0 Å². The lowest BCUT2D eigenvalue weighted by molar-refractivity contribution is -0.145. The summed E-state index contributed by atoms with van der Waals surface area (Å²) in [6.45, 7) is 3.62. The molecule has 2 N–H and O–H groups in total. The fourth-order valence-corrected chi connectivity index (χ4v) is 3.08. The average molecular weight is 441 g/mol. The number of benzene rings is 1. The Balaban J connectivity index is 1.74. The summed E-state index contributed by atoms with van der Waals surface area (Å²) in [7, 11) is 0. The highest BCUT2D eigenvalue weighted by Gasteiger charge is 2.13.